The molecule has 1 rings (SSSR count). The molecule has 5 heteroatoms. The zero-order valence-corrected chi connectivity index (χ0v) is 13.7. The summed E-state index contributed by atoms with van der Waals surface area (Å²) >= 11 is 2.16. The number of halogens is 4. The van der Waals surface area contributed by atoms with Gasteiger partial charge in [0, 0.05) is 3.57 Å². The van der Waals surface area contributed by atoms with Crippen LogP contribution in [0.1, 0.15) is 44.6 Å². The number of hydrogen-bond acceptors (Lipinski definition) is 1. The summed E-state index contributed by atoms with van der Waals surface area (Å²) in [6.45, 7) is 2.05. The molecule has 0 aliphatic heterocycles. The van der Waals surface area contributed by atoms with Crippen molar-refractivity contribution in [3.05, 3.63) is 33.4 Å². The fourth-order valence-corrected chi connectivity index (χ4v) is 2.24. The highest BCUT2D eigenvalue weighted by Crippen LogP contribution is 2.28. The van der Waals surface area contributed by atoms with Crippen molar-refractivity contribution in [1.82, 2.24) is 0 Å². The van der Waals surface area contributed by atoms with Gasteiger partial charge in [0.25, 0.3) is 0 Å². The highest BCUT2D eigenvalue weighted by atomic mass is 127. The largest absolute Gasteiger partial charge is 0.414 e. The first-order chi connectivity index (χ1) is 9.43. The van der Waals surface area contributed by atoms with Crippen LogP contribution >= 0.6 is 22.6 Å². The van der Waals surface area contributed by atoms with Crippen LogP contribution in [0.3, 0.4) is 0 Å². The number of hydrogen-bond donors (Lipinski definition) is 0. The normalized spacial score (nSPS) is 13.4. The smallest absolute Gasteiger partial charge is 0.364 e. The van der Waals surface area contributed by atoms with E-state index >= 15 is 0 Å². The third kappa shape index (κ3) is 6.92. The van der Waals surface area contributed by atoms with Gasteiger partial charge in [0.05, 0.1) is 6.61 Å². The minimum absolute atomic E-state index is 0.00880. The first-order valence-electron chi connectivity index (χ1n) is 6.86. The lowest BCUT2D eigenvalue weighted by Crippen LogP contribution is -2.31. The number of ether oxygens (including phenoxy) is 1. The quantitative estimate of drug-likeness (QED) is 0.401. The van der Waals surface area contributed by atoms with E-state index in [2.05, 4.69) is 22.6 Å². The number of benzene rings is 1. The summed E-state index contributed by atoms with van der Waals surface area (Å²) in [6.07, 6.45) is -2.51. The van der Waals surface area contributed by atoms with E-state index in [0.29, 0.717) is 6.42 Å². The van der Waals surface area contributed by atoms with Gasteiger partial charge in [-0.3, -0.25) is 0 Å². The molecule has 0 saturated heterocycles. The molecule has 1 aromatic rings. The van der Waals surface area contributed by atoms with Crippen LogP contribution in [-0.2, 0) is 11.3 Å². The van der Waals surface area contributed by atoms with E-state index in [1.807, 2.05) is 19.1 Å². The molecular formula is C15H20F3IO. The van der Waals surface area contributed by atoms with Crippen molar-refractivity contribution < 1.29 is 17.9 Å². The molecule has 0 aliphatic carbocycles. The maximum atomic E-state index is 12.9. The molecule has 1 atom stereocenters. The van der Waals surface area contributed by atoms with Crippen LogP contribution in [0, 0.1) is 3.57 Å². The van der Waals surface area contributed by atoms with Gasteiger partial charge in [0.1, 0.15) is 0 Å². The summed E-state index contributed by atoms with van der Waals surface area (Å²) in [7, 11) is 0. The first kappa shape index (κ1) is 17.8. The highest BCUT2D eigenvalue weighted by molar-refractivity contribution is 14.1. The molecule has 0 N–H and O–H groups in total. The first-order valence-corrected chi connectivity index (χ1v) is 7.94. The maximum absolute atomic E-state index is 12.9. The molecule has 0 heterocycles. The van der Waals surface area contributed by atoms with E-state index < -0.39 is 12.3 Å². The number of unbranched alkanes of at least 4 members (excludes halogenated alkanes) is 3. The average Bonchev–Trinajstić information content (AvgIpc) is 2.38. The van der Waals surface area contributed by atoms with Crippen molar-refractivity contribution in [3.63, 3.8) is 0 Å². The predicted octanol–water partition coefficient (Wildman–Crippen LogP) is 5.71. The van der Waals surface area contributed by atoms with Gasteiger partial charge in [-0.25, -0.2) is 0 Å². The van der Waals surface area contributed by atoms with E-state index in [-0.39, 0.29) is 13.0 Å². The second kappa shape index (κ2) is 8.87. The zero-order chi connectivity index (χ0) is 15.0. The molecule has 0 aromatic heterocycles. The second-order valence-electron chi connectivity index (χ2n) is 4.82. The monoisotopic (exact) mass is 400 g/mol. The Hall–Kier alpha value is -0.300. The SMILES string of the molecule is CCCCCCC(OCc1ccc(I)cc1)C(F)(F)F. The molecule has 0 aliphatic rings. The molecule has 1 nitrogen and oxygen atoms in total. The molecule has 1 unspecified atom stereocenters. The van der Waals surface area contributed by atoms with Gasteiger partial charge < -0.3 is 4.74 Å². The van der Waals surface area contributed by atoms with Crippen molar-refractivity contribution in [2.24, 2.45) is 0 Å². The van der Waals surface area contributed by atoms with Crippen molar-refractivity contribution >= 4 is 22.6 Å². The van der Waals surface area contributed by atoms with Crippen LogP contribution in [0.5, 0.6) is 0 Å². The second-order valence-corrected chi connectivity index (χ2v) is 6.06. The summed E-state index contributed by atoms with van der Waals surface area (Å²) in [5, 5.41) is 0. The highest BCUT2D eigenvalue weighted by Gasteiger charge is 2.39. The van der Waals surface area contributed by atoms with Crippen LogP contribution in [0.4, 0.5) is 13.2 Å². The van der Waals surface area contributed by atoms with Gasteiger partial charge >= 0.3 is 6.18 Å². The minimum atomic E-state index is -4.28. The fourth-order valence-electron chi connectivity index (χ4n) is 1.88. The summed E-state index contributed by atoms with van der Waals surface area (Å²) in [5.41, 5.74) is 0.772. The van der Waals surface area contributed by atoms with Gasteiger partial charge in [-0.1, -0.05) is 44.7 Å². The van der Waals surface area contributed by atoms with Crippen LogP contribution in [0.2, 0.25) is 0 Å². The van der Waals surface area contributed by atoms with E-state index in [0.717, 1.165) is 28.4 Å². The molecule has 0 radical (unpaired) electrons. The van der Waals surface area contributed by atoms with Gasteiger partial charge in [-0.2, -0.15) is 13.2 Å². The lowest BCUT2D eigenvalue weighted by molar-refractivity contribution is -0.225. The summed E-state index contributed by atoms with van der Waals surface area (Å²) in [5.74, 6) is 0. The fraction of sp³-hybridized carbons (Fsp3) is 0.600. The molecule has 0 amide bonds. The summed E-state index contributed by atoms with van der Waals surface area (Å²) < 4.78 is 44.7. The molecule has 0 fully saturated rings. The predicted molar refractivity (Wildman–Crippen MR) is 82.6 cm³/mol. The topological polar surface area (TPSA) is 9.23 Å². The summed E-state index contributed by atoms with van der Waals surface area (Å²) in [6, 6.07) is 7.32. The summed E-state index contributed by atoms with van der Waals surface area (Å²) in [4.78, 5) is 0. The Morgan fingerprint density at radius 1 is 1.10 bits per heavy atom. The van der Waals surface area contributed by atoms with Gasteiger partial charge in [0.2, 0.25) is 0 Å². The molecule has 114 valence electrons. The Kier molecular flexibility index (Phi) is 7.87. The molecule has 0 bridgehead atoms. The zero-order valence-electron chi connectivity index (χ0n) is 11.5. The van der Waals surface area contributed by atoms with Crippen LogP contribution < -0.4 is 0 Å². The van der Waals surface area contributed by atoms with Crippen molar-refractivity contribution in [2.45, 2.75) is 57.9 Å². The van der Waals surface area contributed by atoms with E-state index in [1.54, 1.807) is 12.1 Å². The average molecular weight is 400 g/mol. The Labute approximate surface area is 132 Å². The molecular weight excluding hydrogens is 380 g/mol. The van der Waals surface area contributed by atoms with Crippen LogP contribution in [0.25, 0.3) is 0 Å². The van der Waals surface area contributed by atoms with Crippen molar-refractivity contribution in [3.8, 4) is 0 Å². The minimum Gasteiger partial charge on any atom is -0.364 e. The standard InChI is InChI=1S/C15H20F3IO/c1-2-3-4-5-6-14(15(16,17)18)20-11-12-7-9-13(19)10-8-12/h7-10,14H,2-6,11H2,1H3. The van der Waals surface area contributed by atoms with Crippen molar-refractivity contribution in [2.75, 3.05) is 0 Å². The molecule has 20 heavy (non-hydrogen) atoms. The number of alkyl halides is 3. The van der Waals surface area contributed by atoms with E-state index in [1.165, 1.54) is 0 Å². The lowest BCUT2D eigenvalue weighted by Gasteiger charge is -2.21. The van der Waals surface area contributed by atoms with Gasteiger partial charge in [-0.05, 0) is 46.7 Å². The molecule has 0 saturated carbocycles. The van der Waals surface area contributed by atoms with E-state index in [4.69, 9.17) is 4.74 Å². The Balaban J connectivity index is 2.46. The van der Waals surface area contributed by atoms with Gasteiger partial charge in [-0.15, -0.1) is 0 Å². The molecule has 1 aromatic carbocycles. The van der Waals surface area contributed by atoms with Crippen molar-refractivity contribution in [1.29, 1.82) is 0 Å². The van der Waals surface area contributed by atoms with Crippen LogP contribution in [-0.4, -0.2) is 12.3 Å². The Bertz CT molecular complexity index is 376. The maximum Gasteiger partial charge on any atom is 0.414 e. The third-order valence-electron chi connectivity index (χ3n) is 3.05. The van der Waals surface area contributed by atoms with Crippen LogP contribution in [0.15, 0.2) is 24.3 Å². The Morgan fingerprint density at radius 2 is 1.75 bits per heavy atom. The van der Waals surface area contributed by atoms with Gasteiger partial charge in [0.15, 0.2) is 6.10 Å². The molecule has 0 spiro atoms. The third-order valence-corrected chi connectivity index (χ3v) is 3.77. The van der Waals surface area contributed by atoms with E-state index in [9.17, 15) is 13.2 Å². The Morgan fingerprint density at radius 3 is 2.30 bits per heavy atom. The number of rotatable bonds is 8. The lowest BCUT2D eigenvalue weighted by atomic mass is 10.1.